The Kier molecular flexibility index (Phi) is 13.4. The number of halogens is 21. The third kappa shape index (κ3) is 7.51. The molecule has 4 aromatic carbocycles. The van der Waals surface area contributed by atoms with E-state index in [-0.39, 0.29) is 0 Å². The zero-order chi connectivity index (χ0) is 46.8. The fraction of sp³-hybridized carbons (Fsp3) is 0. The van der Waals surface area contributed by atoms with Crippen LogP contribution in [0, 0.1) is 122 Å². The van der Waals surface area contributed by atoms with E-state index in [1.807, 2.05) is 12.1 Å². The van der Waals surface area contributed by atoms with E-state index in [0.29, 0.717) is 9.75 Å². The van der Waals surface area contributed by atoms with Gasteiger partial charge in [-0.3, -0.25) is 0 Å². The van der Waals surface area contributed by atoms with Gasteiger partial charge in [0, 0.05) is 12.1 Å². The number of hydrogen-bond donors (Lipinski definition) is 2. The first-order valence-corrected chi connectivity index (χ1v) is 19.1. The number of thiophene rings is 2. The van der Waals surface area contributed by atoms with E-state index in [9.17, 15) is 62.3 Å². The van der Waals surface area contributed by atoms with Crippen molar-refractivity contribution in [3.63, 3.8) is 0 Å². The lowest BCUT2D eigenvalue weighted by atomic mass is 9.12. The van der Waals surface area contributed by atoms with Gasteiger partial charge in [-0.2, -0.15) is 0 Å². The maximum Gasteiger partial charge on any atom is 0.381 e. The van der Waals surface area contributed by atoms with Crippen LogP contribution in [0.25, 0.3) is 0 Å². The zero-order valence-corrected chi connectivity index (χ0v) is 32.1. The van der Waals surface area contributed by atoms with Crippen LogP contribution in [0.3, 0.4) is 0 Å². The van der Waals surface area contributed by atoms with Crippen LogP contribution in [0.15, 0.2) is 24.3 Å². The lowest BCUT2D eigenvalue weighted by Gasteiger charge is -2.44. The molecule has 62 heavy (non-hydrogen) atoms. The summed E-state index contributed by atoms with van der Waals surface area (Å²) in [5.74, 6) is -73.2. The molecular formula is C34H6BF20IO4S2. The summed E-state index contributed by atoms with van der Waals surface area (Å²) in [7, 11) is 0. The van der Waals surface area contributed by atoms with Crippen LogP contribution in [0.5, 0.6) is 0 Å². The number of rotatable bonds is 8. The Balaban J connectivity index is 0.000000355. The van der Waals surface area contributed by atoms with Gasteiger partial charge in [-0.25, -0.2) is 97.4 Å². The van der Waals surface area contributed by atoms with E-state index in [4.69, 9.17) is 10.2 Å². The van der Waals surface area contributed by atoms with Crippen molar-refractivity contribution in [2.75, 3.05) is 0 Å². The van der Waals surface area contributed by atoms with Crippen molar-refractivity contribution in [2.24, 2.45) is 0 Å². The summed E-state index contributed by atoms with van der Waals surface area (Å²) in [5, 5.41) is 17.6. The SMILES string of the molecule is Fc1c(F)c(F)c([B-](c2c(F)c(F)c(F)c(F)c2F)(c2c(F)c(F)c(F)c(F)c2F)c2c(F)c(F)c(F)c(F)c2F)c(F)c1F.O=C(O)c1ccc([I+]c2ccc(C(=O)O)s2)s1. The summed E-state index contributed by atoms with van der Waals surface area (Å²) >= 11 is 2.05. The number of hydrogen-bond acceptors (Lipinski definition) is 4. The Bertz CT molecular complexity index is 2440. The minimum Gasteiger partial charge on any atom is -0.477 e. The van der Waals surface area contributed by atoms with Crippen LogP contribution in [0.2, 0.25) is 0 Å². The highest BCUT2D eigenvalue weighted by Gasteiger charge is 2.52. The van der Waals surface area contributed by atoms with Crippen LogP contribution >= 0.6 is 22.7 Å². The predicted octanol–water partition coefficient (Wildman–Crippen LogP) is 5.18. The molecule has 2 heterocycles. The van der Waals surface area contributed by atoms with Crippen molar-refractivity contribution in [1.82, 2.24) is 0 Å². The molecule has 0 bridgehead atoms. The van der Waals surface area contributed by atoms with Crippen LogP contribution < -0.4 is 43.1 Å². The maximum atomic E-state index is 15.4. The van der Waals surface area contributed by atoms with Crippen molar-refractivity contribution < 1.29 is 129 Å². The number of carboxylic acid groups (broad SMARTS) is 2. The van der Waals surface area contributed by atoms with Gasteiger partial charge in [0.25, 0.3) is 0 Å². The fourth-order valence-electron chi connectivity index (χ4n) is 5.93. The van der Waals surface area contributed by atoms with E-state index in [0.717, 1.165) is 5.77 Å². The van der Waals surface area contributed by atoms with Gasteiger partial charge in [0.2, 0.25) is 5.77 Å². The van der Waals surface area contributed by atoms with Crippen molar-refractivity contribution in [1.29, 1.82) is 0 Å². The molecular weight excluding hydrogens is 1050 g/mol. The molecule has 28 heteroatoms. The van der Waals surface area contributed by atoms with Gasteiger partial charge in [0.05, 0.1) is 0 Å². The van der Waals surface area contributed by atoms with E-state index in [2.05, 4.69) is 0 Å². The molecule has 6 rings (SSSR count). The van der Waals surface area contributed by atoms with Crippen molar-refractivity contribution in [3.05, 3.63) is 156 Å². The van der Waals surface area contributed by atoms with Crippen molar-refractivity contribution in [3.8, 4) is 0 Å². The molecule has 0 atom stereocenters. The maximum absolute atomic E-state index is 15.4. The quantitative estimate of drug-likeness (QED) is 0.0726. The van der Waals surface area contributed by atoms with E-state index >= 15 is 35.1 Å². The minimum atomic E-state index is -7.22. The lowest BCUT2D eigenvalue weighted by molar-refractivity contribution is -0.585. The second-order valence-electron chi connectivity index (χ2n) is 11.7. The fourth-order valence-corrected chi connectivity index (χ4v) is 11.9. The molecule has 6 aromatic rings. The smallest absolute Gasteiger partial charge is 0.381 e. The van der Waals surface area contributed by atoms with Crippen LogP contribution in [-0.4, -0.2) is 28.3 Å². The van der Waals surface area contributed by atoms with E-state index in [1.165, 1.54) is 22.7 Å². The van der Waals surface area contributed by atoms with Gasteiger partial charge in [0.1, 0.15) is 62.4 Å². The van der Waals surface area contributed by atoms with Crippen molar-refractivity contribution >= 4 is 62.6 Å². The first-order chi connectivity index (χ1) is 28.8. The summed E-state index contributed by atoms with van der Waals surface area (Å²) in [4.78, 5) is 22.1. The van der Waals surface area contributed by atoms with Gasteiger partial charge in [-0.05, 0) is 12.1 Å². The molecule has 4 nitrogen and oxygen atoms in total. The molecule has 328 valence electrons. The lowest BCUT2D eigenvalue weighted by Crippen LogP contribution is -3.61. The number of benzene rings is 4. The molecule has 0 aliphatic heterocycles. The molecule has 0 fully saturated rings. The highest BCUT2D eigenvalue weighted by atomic mass is 127. The van der Waals surface area contributed by atoms with Crippen LogP contribution in [0.1, 0.15) is 19.3 Å². The normalized spacial score (nSPS) is 11.5. The molecule has 0 unspecified atom stereocenters. The summed E-state index contributed by atoms with van der Waals surface area (Å²) < 4.78 is 296. The summed E-state index contributed by atoms with van der Waals surface area (Å²) in [6.45, 7) is 0. The molecule has 0 spiro atoms. The molecule has 0 saturated heterocycles. The topological polar surface area (TPSA) is 74.6 Å². The van der Waals surface area contributed by atoms with Gasteiger partial charge in [-0.15, -0.1) is 21.9 Å². The third-order valence-electron chi connectivity index (χ3n) is 8.46. The van der Waals surface area contributed by atoms with E-state index < -0.39 is 177 Å². The van der Waals surface area contributed by atoms with Crippen LogP contribution in [-0.2, 0) is 0 Å². The van der Waals surface area contributed by atoms with Gasteiger partial charge >= 0.3 is 33.1 Å². The molecule has 2 N–H and O–H groups in total. The molecule has 0 amide bonds. The Labute approximate surface area is 346 Å². The first kappa shape index (κ1) is 47.7. The summed E-state index contributed by atoms with van der Waals surface area (Å²) in [5.41, 5.74) is -14.3. The molecule has 2 aromatic heterocycles. The monoisotopic (exact) mass is 1060 g/mol. The number of aromatic carboxylic acids is 2. The molecule has 0 aliphatic rings. The Morgan fingerprint density at radius 3 is 0.677 bits per heavy atom. The standard InChI is InChI=1S/C24BF20.C10H5IO4S2/c26-5-1(6(27)14(35)21(42)13(5)34)25(2-7(28)15(36)22(43)16(37)8(2)29,3-9(30)17(38)23(44)18(39)10(3)31)4-11(32)19(40)24(45)20(41)12(4)33;12-9(13)5-1-3-7(16-5)11-8-4-2-6(17-8)10(14)15/h;1-4H,(H-,12,13,14,15)/q-1;/p+1. The highest BCUT2D eigenvalue weighted by Crippen LogP contribution is 2.31. The average Bonchev–Trinajstić information content (AvgIpc) is 3.91. The average molecular weight is 1060 g/mol. The number of carbonyl (C=O) groups is 2. The highest BCUT2D eigenvalue weighted by molar-refractivity contribution is 7.20. The van der Waals surface area contributed by atoms with Crippen LogP contribution in [0.4, 0.5) is 87.8 Å². The van der Waals surface area contributed by atoms with Gasteiger partial charge in [0.15, 0.2) is 69.8 Å². The summed E-state index contributed by atoms with van der Waals surface area (Å²) in [6.07, 6.45) is -7.22. The second kappa shape index (κ2) is 17.4. The van der Waals surface area contributed by atoms with Gasteiger partial charge < -0.3 is 10.2 Å². The molecule has 0 aliphatic carbocycles. The third-order valence-corrected chi connectivity index (χ3v) is 14.3. The van der Waals surface area contributed by atoms with Crippen molar-refractivity contribution in [2.45, 2.75) is 0 Å². The van der Waals surface area contributed by atoms with E-state index in [1.54, 1.807) is 12.1 Å². The Hall–Kier alpha value is -5.39. The largest absolute Gasteiger partial charge is 0.477 e. The Morgan fingerprint density at radius 2 is 0.516 bits per heavy atom. The molecule has 0 radical (unpaired) electrons. The van der Waals surface area contributed by atoms with Gasteiger partial charge in [-0.1, -0.05) is 22.7 Å². The summed E-state index contributed by atoms with van der Waals surface area (Å²) in [6, 6.07) is 6.80. The first-order valence-electron chi connectivity index (χ1n) is 15.3. The zero-order valence-electron chi connectivity index (χ0n) is 28.4. The minimum absolute atomic E-state index is 0.328. The molecule has 0 saturated carbocycles. The predicted molar refractivity (Wildman–Crippen MR) is 169 cm³/mol. The second-order valence-corrected chi connectivity index (χ2v) is 18.2. The number of carboxylic acids is 2. The Morgan fingerprint density at radius 1 is 0.339 bits per heavy atom.